The maximum absolute atomic E-state index is 12.8. The van der Waals surface area contributed by atoms with Crippen molar-refractivity contribution >= 4 is 35.0 Å². The van der Waals surface area contributed by atoms with Crippen LogP contribution in [0.3, 0.4) is 0 Å². The molecule has 5 heteroatoms. The number of hydrogen-bond acceptors (Lipinski definition) is 2. The molecule has 0 saturated carbocycles. The lowest BCUT2D eigenvalue weighted by molar-refractivity contribution is -0.113. The second kappa shape index (κ2) is 7.48. The van der Waals surface area contributed by atoms with E-state index in [0.717, 1.165) is 16.8 Å². The molecule has 0 bridgehead atoms. The zero-order valence-corrected chi connectivity index (χ0v) is 13.1. The Morgan fingerprint density at radius 2 is 1.95 bits per heavy atom. The molecule has 2 aromatic carbocycles. The van der Waals surface area contributed by atoms with Gasteiger partial charge in [0.1, 0.15) is 5.82 Å². The highest BCUT2D eigenvalue weighted by atomic mass is 35.5. The van der Waals surface area contributed by atoms with Gasteiger partial charge in [-0.15, -0.1) is 11.8 Å². The van der Waals surface area contributed by atoms with Gasteiger partial charge < -0.3 is 5.32 Å². The second-order valence-electron chi connectivity index (χ2n) is 4.58. The molecule has 2 aromatic rings. The minimum atomic E-state index is -0.252. The number of carbonyl (C=O) groups excluding carboxylic acids is 1. The van der Waals surface area contributed by atoms with Crippen LogP contribution in [0.5, 0.6) is 0 Å². The molecule has 1 amide bonds. The fourth-order valence-corrected chi connectivity index (χ4v) is 2.73. The van der Waals surface area contributed by atoms with Crippen molar-refractivity contribution in [2.45, 2.75) is 12.7 Å². The summed E-state index contributed by atoms with van der Waals surface area (Å²) in [6, 6.07) is 11.7. The van der Waals surface area contributed by atoms with Crippen molar-refractivity contribution in [3.8, 4) is 0 Å². The highest BCUT2D eigenvalue weighted by molar-refractivity contribution is 7.99. The summed E-state index contributed by atoms with van der Waals surface area (Å²) in [7, 11) is 0. The highest BCUT2D eigenvalue weighted by Crippen LogP contribution is 2.23. The highest BCUT2D eigenvalue weighted by Gasteiger charge is 2.07. The first-order valence-corrected chi connectivity index (χ1v) is 7.96. The maximum atomic E-state index is 12.8. The Labute approximate surface area is 132 Å². The van der Waals surface area contributed by atoms with E-state index in [9.17, 15) is 9.18 Å². The average Bonchev–Trinajstić information content (AvgIpc) is 2.46. The van der Waals surface area contributed by atoms with Gasteiger partial charge in [0.15, 0.2) is 0 Å². The van der Waals surface area contributed by atoms with Gasteiger partial charge in [-0.3, -0.25) is 4.79 Å². The predicted molar refractivity (Wildman–Crippen MR) is 87.4 cm³/mol. The van der Waals surface area contributed by atoms with Crippen molar-refractivity contribution in [1.29, 1.82) is 0 Å². The molecule has 0 aromatic heterocycles. The van der Waals surface area contributed by atoms with Crippen molar-refractivity contribution in [3.63, 3.8) is 0 Å². The van der Waals surface area contributed by atoms with Crippen LogP contribution >= 0.6 is 23.4 Å². The van der Waals surface area contributed by atoms with Crippen molar-refractivity contribution in [3.05, 3.63) is 64.4 Å². The number of benzene rings is 2. The first-order valence-electron chi connectivity index (χ1n) is 6.43. The molecule has 21 heavy (non-hydrogen) atoms. The van der Waals surface area contributed by atoms with Gasteiger partial charge in [0.2, 0.25) is 5.91 Å². The molecule has 0 unspecified atom stereocenters. The zero-order valence-electron chi connectivity index (χ0n) is 11.5. The first kappa shape index (κ1) is 15.9. The number of halogens is 2. The van der Waals surface area contributed by atoms with Crippen LogP contribution in [0.1, 0.15) is 11.1 Å². The first-order chi connectivity index (χ1) is 10.1. The summed E-state index contributed by atoms with van der Waals surface area (Å²) in [6.45, 7) is 1.86. The number of thioether (sulfide) groups is 1. The number of nitrogens with one attached hydrogen (secondary N) is 1. The molecule has 0 heterocycles. The van der Waals surface area contributed by atoms with Gasteiger partial charge in [-0.25, -0.2) is 4.39 Å². The third-order valence-corrected chi connectivity index (χ3v) is 4.37. The molecule has 2 rings (SSSR count). The van der Waals surface area contributed by atoms with E-state index >= 15 is 0 Å². The summed E-state index contributed by atoms with van der Waals surface area (Å²) in [4.78, 5) is 11.9. The fraction of sp³-hybridized carbons (Fsp3) is 0.188. The second-order valence-corrected chi connectivity index (χ2v) is 5.97. The number of amides is 1. The molecule has 0 aliphatic heterocycles. The number of anilines is 1. The van der Waals surface area contributed by atoms with E-state index < -0.39 is 0 Å². The van der Waals surface area contributed by atoms with Crippen molar-refractivity contribution in [2.24, 2.45) is 0 Å². The average molecular weight is 324 g/mol. The summed E-state index contributed by atoms with van der Waals surface area (Å²) in [5.41, 5.74) is 2.58. The van der Waals surface area contributed by atoms with Gasteiger partial charge >= 0.3 is 0 Å². The monoisotopic (exact) mass is 323 g/mol. The smallest absolute Gasteiger partial charge is 0.234 e. The SMILES string of the molecule is Cc1c(Cl)cccc1NC(=O)CSCc1ccc(F)cc1. The Morgan fingerprint density at radius 3 is 2.67 bits per heavy atom. The summed E-state index contributed by atoms with van der Waals surface area (Å²) in [5, 5.41) is 3.47. The van der Waals surface area contributed by atoms with Crippen LogP contribution in [0.4, 0.5) is 10.1 Å². The van der Waals surface area contributed by atoms with E-state index in [1.807, 2.05) is 13.0 Å². The van der Waals surface area contributed by atoms with Crippen molar-refractivity contribution in [1.82, 2.24) is 0 Å². The number of rotatable bonds is 5. The topological polar surface area (TPSA) is 29.1 Å². The molecule has 2 nitrogen and oxygen atoms in total. The summed E-state index contributed by atoms with van der Waals surface area (Å²) >= 11 is 7.49. The van der Waals surface area contributed by atoms with Crippen LogP contribution in [-0.2, 0) is 10.5 Å². The number of carbonyl (C=O) groups is 1. The summed E-state index contributed by atoms with van der Waals surface area (Å²) in [5.74, 6) is 0.677. The quantitative estimate of drug-likeness (QED) is 0.867. The number of hydrogen-bond donors (Lipinski definition) is 1. The summed E-state index contributed by atoms with van der Waals surface area (Å²) in [6.07, 6.45) is 0. The van der Waals surface area contributed by atoms with Crippen molar-refractivity contribution in [2.75, 3.05) is 11.1 Å². The zero-order chi connectivity index (χ0) is 15.2. The molecule has 1 N–H and O–H groups in total. The minimum absolute atomic E-state index is 0.0764. The Morgan fingerprint density at radius 1 is 1.24 bits per heavy atom. The van der Waals surface area contributed by atoms with Crippen LogP contribution < -0.4 is 5.32 Å². The molecule has 0 saturated heterocycles. The maximum Gasteiger partial charge on any atom is 0.234 e. The fourth-order valence-electron chi connectivity index (χ4n) is 1.77. The minimum Gasteiger partial charge on any atom is -0.325 e. The van der Waals surface area contributed by atoms with Gasteiger partial charge in [-0.05, 0) is 42.3 Å². The Bertz CT molecular complexity index is 631. The van der Waals surface area contributed by atoms with Crippen LogP contribution in [0.15, 0.2) is 42.5 Å². The largest absolute Gasteiger partial charge is 0.325 e. The van der Waals surface area contributed by atoms with E-state index in [-0.39, 0.29) is 11.7 Å². The lowest BCUT2D eigenvalue weighted by Gasteiger charge is -2.09. The molecular formula is C16H15ClFNOS. The van der Waals surface area contributed by atoms with Crippen LogP contribution in [0.2, 0.25) is 5.02 Å². The standard InChI is InChI=1S/C16H15ClFNOS/c1-11-14(17)3-2-4-15(11)19-16(20)10-21-9-12-5-7-13(18)8-6-12/h2-8H,9-10H2,1H3,(H,19,20). The Kier molecular flexibility index (Phi) is 5.65. The van der Waals surface area contributed by atoms with Gasteiger partial charge in [0, 0.05) is 16.5 Å². The van der Waals surface area contributed by atoms with E-state index in [1.54, 1.807) is 24.3 Å². The van der Waals surface area contributed by atoms with E-state index in [0.29, 0.717) is 16.5 Å². The molecular weight excluding hydrogens is 309 g/mol. The van der Waals surface area contributed by atoms with Gasteiger partial charge in [-0.1, -0.05) is 29.8 Å². The molecule has 0 atom stereocenters. The Balaban J connectivity index is 1.82. The lowest BCUT2D eigenvalue weighted by Crippen LogP contribution is -2.15. The molecule has 0 spiro atoms. The van der Waals surface area contributed by atoms with E-state index in [4.69, 9.17) is 11.6 Å². The molecule has 110 valence electrons. The summed E-state index contributed by atoms with van der Waals surface area (Å²) < 4.78 is 12.8. The molecule has 0 radical (unpaired) electrons. The van der Waals surface area contributed by atoms with E-state index in [2.05, 4.69) is 5.32 Å². The van der Waals surface area contributed by atoms with Gasteiger partial charge in [-0.2, -0.15) is 0 Å². The normalized spacial score (nSPS) is 10.4. The predicted octanol–water partition coefficient (Wildman–Crippen LogP) is 4.66. The third kappa shape index (κ3) is 4.76. The molecule has 0 fully saturated rings. The molecule has 0 aliphatic carbocycles. The Hall–Kier alpha value is -1.52. The molecule has 0 aliphatic rings. The van der Waals surface area contributed by atoms with Crippen LogP contribution in [-0.4, -0.2) is 11.7 Å². The van der Waals surface area contributed by atoms with Crippen molar-refractivity contribution < 1.29 is 9.18 Å². The van der Waals surface area contributed by atoms with E-state index in [1.165, 1.54) is 23.9 Å². The van der Waals surface area contributed by atoms with Crippen LogP contribution in [0, 0.1) is 12.7 Å². The van der Waals surface area contributed by atoms with Gasteiger partial charge in [0.25, 0.3) is 0 Å². The third-order valence-electron chi connectivity index (χ3n) is 2.96. The van der Waals surface area contributed by atoms with Gasteiger partial charge in [0.05, 0.1) is 5.75 Å². The van der Waals surface area contributed by atoms with Crippen LogP contribution in [0.25, 0.3) is 0 Å². The lowest BCUT2D eigenvalue weighted by atomic mass is 10.2.